The third-order valence-electron chi connectivity index (χ3n) is 4.43. The Bertz CT molecular complexity index is 873. The van der Waals surface area contributed by atoms with Crippen LogP contribution in [0, 0.1) is 18.3 Å². The van der Waals surface area contributed by atoms with E-state index < -0.39 is 24.6 Å². The van der Waals surface area contributed by atoms with Crippen LogP contribution in [-0.4, -0.2) is 52.3 Å². The van der Waals surface area contributed by atoms with E-state index in [-0.39, 0.29) is 12.4 Å². The maximum Gasteiger partial charge on any atom is 0.228 e. The largest absolute Gasteiger partial charge is 0.462 e. The molecule has 0 saturated carbocycles. The van der Waals surface area contributed by atoms with Crippen molar-refractivity contribution in [3.05, 3.63) is 64.7 Å². The Balaban J connectivity index is 1.75. The number of benzene rings is 2. The van der Waals surface area contributed by atoms with Crippen molar-refractivity contribution in [3.63, 3.8) is 0 Å². The molecule has 0 aliphatic carbocycles. The summed E-state index contributed by atoms with van der Waals surface area (Å²) in [7, 11) is 0. The lowest BCUT2D eigenvalue weighted by atomic mass is 9.98. The van der Waals surface area contributed by atoms with Crippen molar-refractivity contribution >= 4 is 5.78 Å². The number of aryl methyl sites for hydroxylation is 1. The number of carbonyl (C=O) groups excluding carboxylic acids is 1. The molecule has 1 aliphatic rings. The summed E-state index contributed by atoms with van der Waals surface area (Å²) in [6, 6.07) is 13.2. The summed E-state index contributed by atoms with van der Waals surface area (Å²) in [5, 5.41) is 37.9. The lowest BCUT2D eigenvalue weighted by Gasteiger charge is -2.35. The van der Waals surface area contributed by atoms with E-state index in [4.69, 9.17) is 14.7 Å². The first-order valence-electron chi connectivity index (χ1n) is 8.38. The van der Waals surface area contributed by atoms with Crippen molar-refractivity contribution in [2.45, 2.75) is 31.5 Å². The number of ether oxygens (including phenoxy) is 2. The van der Waals surface area contributed by atoms with Gasteiger partial charge in [0, 0.05) is 11.1 Å². The average molecular weight is 369 g/mol. The van der Waals surface area contributed by atoms with Crippen LogP contribution in [0.1, 0.15) is 27.0 Å². The molecule has 0 radical (unpaired) electrons. The summed E-state index contributed by atoms with van der Waals surface area (Å²) < 4.78 is 10.8. The fourth-order valence-corrected chi connectivity index (χ4v) is 2.83. The molecule has 1 fully saturated rings. The molecule has 1 heterocycles. The van der Waals surface area contributed by atoms with Gasteiger partial charge in [0.1, 0.15) is 24.1 Å². The van der Waals surface area contributed by atoms with Crippen LogP contribution in [-0.2, 0) is 4.74 Å². The predicted molar refractivity (Wildman–Crippen MR) is 94.2 cm³/mol. The van der Waals surface area contributed by atoms with Gasteiger partial charge in [0.25, 0.3) is 0 Å². The molecular formula is C20H19NO6. The lowest BCUT2D eigenvalue weighted by molar-refractivity contribution is -0.242. The van der Waals surface area contributed by atoms with Gasteiger partial charge >= 0.3 is 0 Å². The first-order chi connectivity index (χ1) is 12.9. The van der Waals surface area contributed by atoms with Crippen molar-refractivity contribution in [3.8, 4) is 11.8 Å². The molecule has 3 N–H and O–H groups in total. The number of rotatable bonds is 4. The van der Waals surface area contributed by atoms with Crippen molar-refractivity contribution in [2.24, 2.45) is 0 Å². The number of nitrogens with zero attached hydrogens (tertiary/aromatic N) is 1. The number of hydrogen-bond acceptors (Lipinski definition) is 7. The molecule has 140 valence electrons. The summed E-state index contributed by atoms with van der Waals surface area (Å²) in [5.74, 6) is 0.174. The molecule has 7 nitrogen and oxygen atoms in total. The quantitative estimate of drug-likeness (QED) is 0.685. The number of nitriles is 1. The van der Waals surface area contributed by atoms with Crippen LogP contribution >= 0.6 is 0 Å². The van der Waals surface area contributed by atoms with Gasteiger partial charge in [0.05, 0.1) is 18.2 Å². The highest BCUT2D eigenvalue weighted by Gasteiger charge is 2.39. The Morgan fingerprint density at radius 1 is 1.15 bits per heavy atom. The van der Waals surface area contributed by atoms with E-state index in [9.17, 15) is 20.1 Å². The first kappa shape index (κ1) is 19.0. The zero-order chi connectivity index (χ0) is 19.6. The SMILES string of the molecule is Cc1cc(O[C@H]2OC[C@H](O)[C@@H](O)[C@@H]2O)ccc1C(=O)c1ccc(C#N)cc1. The van der Waals surface area contributed by atoms with E-state index in [1.54, 1.807) is 49.4 Å². The maximum atomic E-state index is 12.6. The van der Waals surface area contributed by atoms with Gasteiger partial charge in [-0.1, -0.05) is 0 Å². The minimum absolute atomic E-state index is 0.156. The molecular weight excluding hydrogens is 350 g/mol. The normalized spacial score (nSPS) is 24.9. The molecule has 2 aromatic carbocycles. The van der Waals surface area contributed by atoms with Gasteiger partial charge < -0.3 is 24.8 Å². The Hall–Kier alpha value is -2.76. The van der Waals surface area contributed by atoms with Gasteiger partial charge in [-0.25, -0.2) is 0 Å². The monoisotopic (exact) mass is 369 g/mol. The van der Waals surface area contributed by atoms with Crippen molar-refractivity contribution < 1.29 is 29.6 Å². The summed E-state index contributed by atoms with van der Waals surface area (Å²) in [5.41, 5.74) is 2.08. The van der Waals surface area contributed by atoms with Crippen LogP contribution < -0.4 is 4.74 Å². The fraction of sp³-hybridized carbons (Fsp3) is 0.300. The minimum atomic E-state index is -1.39. The van der Waals surface area contributed by atoms with Crippen LogP contribution in [0.4, 0.5) is 0 Å². The number of carbonyl (C=O) groups is 1. The number of ketones is 1. The van der Waals surface area contributed by atoms with Gasteiger partial charge in [-0.15, -0.1) is 0 Å². The van der Waals surface area contributed by atoms with Crippen LogP contribution in [0.15, 0.2) is 42.5 Å². The zero-order valence-electron chi connectivity index (χ0n) is 14.6. The number of hydrogen-bond donors (Lipinski definition) is 3. The molecule has 4 atom stereocenters. The zero-order valence-corrected chi connectivity index (χ0v) is 14.6. The molecule has 0 amide bonds. The molecule has 0 bridgehead atoms. The molecule has 1 aliphatic heterocycles. The van der Waals surface area contributed by atoms with Gasteiger partial charge in [0.2, 0.25) is 6.29 Å². The smallest absolute Gasteiger partial charge is 0.228 e. The van der Waals surface area contributed by atoms with Crippen LogP contribution in [0.5, 0.6) is 5.75 Å². The Morgan fingerprint density at radius 3 is 2.48 bits per heavy atom. The molecule has 27 heavy (non-hydrogen) atoms. The van der Waals surface area contributed by atoms with E-state index in [1.165, 1.54) is 0 Å². The summed E-state index contributed by atoms with van der Waals surface area (Å²) in [6.07, 6.45) is -5.05. The van der Waals surface area contributed by atoms with Crippen LogP contribution in [0.25, 0.3) is 0 Å². The van der Waals surface area contributed by atoms with Gasteiger partial charge in [0.15, 0.2) is 5.78 Å². The van der Waals surface area contributed by atoms with Crippen molar-refractivity contribution in [1.82, 2.24) is 0 Å². The minimum Gasteiger partial charge on any atom is -0.462 e. The van der Waals surface area contributed by atoms with E-state index in [0.717, 1.165) is 0 Å². The summed E-state index contributed by atoms with van der Waals surface area (Å²) in [6.45, 7) is 1.59. The third-order valence-corrected chi connectivity index (χ3v) is 4.43. The van der Waals surface area contributed by atoms with Gasteiger partial charge in [-0.05, 0) is 55.0 Å². The molecule has 0 unspecified atom stereocenters. The van der Waals surface area contributed by atoms with E-state index in [2.05, 4.69) is 0 Å². The van der Waals surface area contributed by atoms with Crippen molar-refractivity contribution in [1.29, 1.82) is 5.26 Å². The van der Waals surface area contributed by atoms with Crippen LogP contribution in [0.3, 0.4) is 0 Å². The summed E-state index contributed by atoms with van der Waals surface area (Å²) in [4.78, 5) is 12.6. The Labute approximate surface area is 156 Å². The second kappa shape index (κ2) is 7.86. The highest BCUT2D eigenvalue weighted by Crippen LogP contribution is 2.24. The highest BCUT2D eigenvalue weighted by atomic mass is 16.7. The Morgan fingerprint density at radius 2 is 1.85 bits per heavy atom. The molecule has 0 spiro atoms. The lowest BCUT2D eigenvalue weighted by Crippen LogP contribution is -2.54. The Kier molecular flexibility index (Phi) is 5.54. The molecule has 2 aromatic rings. The molecule has 7 heteroatoms. The van der Waals surface area contributed by atoms with Gasteiger partial charge in [-0.2, -0.15) is 5.26 Å². The first-order valence-corrected chi connectivity index (χ1v) is 8.38. The van der Waals surface area contributed by atoms with Crippen LogP contribution in [0.2, 0.25) is 0 Å². The van der Waals surface area contributed by atoms with E-state index >= 15 is 0 Å². The number of aliphatic hydroxyl groups is 3. The van der Waals surface area contributed by atoms with Gasteiger partial charge in [-0.3, -0.25) is 4.79 Å². The maximum absolute atomic E-state index is 12.6. The average Bonchev–Trinajstić information content (AvgIpc) is 2.68. The number of aliphatic hydroxyl groups excluding tert-OH is 3. The predicted octanol–water partition coefficient (Wildman–Crippen LogP) is 0.916. The second-order valence-electron chi connectivity index (χ2n) is 6.36. The van der Waals surface area contributed by atoms with E-state index in [1.807, 2.05) is 6.07 Å². The third kappa shape index (κ3) is 3.99. The molecule has 1 saturated heterocycles. The summed E-state index contributed by atoms with van der Waals surface area (Å²) >= 11 is 0. The second-order valence-corrected chi connectivity index (χ2v) is 6.36. The topological polar surface area (TPSA) is 120 Å². The van der Waals surface area contributed by atoms with Crippen molar-refractivity contribution in [2.75, 3.05) is 6.61 Å². The highest BCUT2D eigenvalue weighted by molar-refractivity contribution is 6.10. The fourth-order valence-electron chi connectivity index (χ4n) is 2.83. The standard InChI is InChI=1S/C20H19NO6/c1-11-8-14(27-20-19(25)18(24)16(22)10-26-20)6-7-15(11)17(23)13-4-2-12(9-21)3-5-13/h2-8,16,18-20,22,24-25H,10H2,1H3/t16-,18+,19-,20+/m0/s1. The van der Waals surface area contributed by atoms with E-state index in [0.29, 0.717) is 28.0 Å². The molecule has 3 rings (SSSR count). The molecule has 0 aromatic heterocycles.